The highest BCUT2D eigenvalue weighted by Gasteiger charge is 2.15. The molecular formula is C14H10Br2Cl2. The fourth-order valence-corrected chi connectivity index (χ4v) is 3.22. The maximum atomic E-state index is 6.05. The van der Waals surface area contributed by atoms with Gasteiger partial charge in [-0.1, -0.05) is 73.3 Å². The standard InChI is InChI=1S/C14H10Br2Cl2/c1-8-10(3-2-4-11(8)15)14(16)9-5-6-12(17)13(18)7-9/h2-7,14H,1H3. The van der Waals surface area contributed by atoms with E-state index in [1.54, 1.807) is 0 Å². The Balaban J connectivity index is 2.44. The van der Waals surface area contributed by atoms with Crippen molar-refractivity contribution in [3.05, 3.63) is 67.6 Å². The van der Waals surface area contributed by atoms with Crippen LogP contribution in [0.4, 0.5) is 0 Å². The summed E-state index contributed by atoms with van der Waals surface area (Å²) in [7, 11) is 0. The monoisotopic (exact) mass is 406 g/mol. The van der Waals surface area contributed by atoms with E-state index in [9.17, 15) is 0 Å². The van der Waals surface area contributed by atoms with E-state index >= 15 is 0 Å². The largest absolute Gasteiger partial charge is 0.0827 e. The Labute approximate surface area is 134 Å². The molecule has 0 spiro atoms. The molecule has 2 aromatic carbocycles. The van der Waals surface area contributed by atoms with Crippen LogP contribution in [-0.2, 0) is 0 Å². The van der Waals surface area contributed by atoms with Gasteiger partial charge in [0.1, 0.15) is 0 Å². The summed E-state index contributed by atoms with van der Waals surface area (Å²) in [5.41, 5.74) is 3.51. The van der Waals surface area contributed by atoms with Gasteiger partial charge >= 0.3 is 0 Å². The molecule has 0 aliphatic heterocycles. The van der Waals surface area contributed by atoms with Crippen LogP contribution < -0.4 is 0 Å². The van der Waals surface area contributed by atoms with Gasteiger partial charge in [-0.25, -0.2) is 0 Å². The minimum absolute atomic E-state index is 0.102. The van der Waals surface area contributed by atoms with Crippen LogP contribution in [0.2, 0.25) is 10.0 Å². The Morgan fingerprint density at radius 3 is 2.44 bits per heavy atom. The van der Waals surface area contributed by atoms with Crippen molar-refractivity contribution in [1.82, 2.24) is 0 Å². The Kier molecular flexibility index (Phi) is 4.76. The summed E-state index contributed by atoms with van der Waals surface area (Å²) in [6.07, 6.45) is 0. The molecule has 0 amide bonds. The summed E-state index contributed by atoms with van der Waals surface area (Å²) in [5, 5.41) is 1.15. The zero-order valence-electron chi connectivity index (χ0n) is 9.55. The molecule has 0 aliphatic carbocycles. The lowest BCUT2D eigenvalue weighted by Crippen LogP contribution is -1.96. The molecule has 4 heteroatoms. The fraction of sp³-hybridized carbons (Fsp3) is 0.143. The summed E-state index contributed by atoms with van der Waals surface area (Å²) in [5.74, 6) is 0. The normalized spacial score (nSPS) is 12.5. The van der Waals surface area contributed by atoms with Crippen molar-refractivity contribution in [3.8, 4) is 0 Å². The number of hydrogen-bond acceptors (Lipinski definition) is 0. The van der Waals surface area contributed by atoms with E-state index in [0.717, 1.165) is 10.0 Å². The minimum Gasteiger partial charge on any atom is -0.0827 e. The van der Waals surface area contributed by atoms with Gasteiger partial charge in [0, 0.05) is 4.47 Å². The first-order chi connectivity index (χ1) is 8.50. The van der Waals surface area contributed by atoms with Gasteiger partial charge in [0.2, 0.25) is 0 Å². The highest BCUT2D eigenvalue weighted by Crippen LogP contribution is 2.37. The van der Waals surface area contributed by atoms with Gasteiger partial charge in [0.25, 0.3) is 0 Å². The van der Waals surface area contributed by atoms with Crippen LogP contribution in [0, 0.1) is 6.92 Å². The molecular weight excluding hydrogens is 399 g/mol. The molecule has 0 radical (unpaired) electrons. The summed E-state index contributed by atoms with van der Waals surface area (Å²) in [4.78, 5) is 0.102. The Hall–Kier alpha value is -0.0200. The first kappa shape index (κ1) is 14.4. The van der Waals surface area contributed by atoms with Gasteiger partial charge < -0.3 is 0 Å². The minimum atomic E-state index is 0.102. The van der Waals surface area contributed by atoms with Crippen LogP contribution in [0.3, 0.4) is 0 Å². The third-order valence-corrected chi connectivity index (χ3v) is 5.44. The predicted molar refractivity (Wildman–Crippen MR) is 86.1 cm³/mol. The van der Waals surface area contributed by atoms with Gasteiger partial charge in [0.05, 0.1) is 14.9 Å². The second-order valence-electron chi connectivity index (χ2n) is 3.99. The first-order valence-electron chi connectivity index (χ1n) is 5.34. The molecule has 0 saturated heterocycles. The quantitative estimate of drug-likeness (QED) is 0.494. The van der Waals surface area contributed by atoms with Gasteiger partial charge in [-0.3, -0.25) is 0 Å². The predicted octanol–water partition coefficient (Wildman–Crippen LogP) is 6.55. The van der Waals surface area contributed by atoms with E-state index in [0.29, 0.717) is 10.0 Å². The van der Waals surface area contributed by atoms with Gasteiger partial charge in [0.15, 0.2) is 0 Å². The van der Waals surface area contributed by atoms with Crippen LogP contribution in [0.1, 0.15) is 21.5 Å². The van der Waals surface area contributed by atoms with E-state index in [-0.39, 0.29) is 4.83 Å². The van der Waals surface area contributed by atoms with Gasteiger partial charge in [-0.15, -0.1) is 0 Å². The Bertz CT molecular complexity index is 582. The number of hydrogen-bond donors (Lipinski definition) is 0. The lowest BCUT2D eigenvalue weighted by molar-refractivity contribution is 1.14. The average molecular weight is 409 g/mol. The van der Waals surface area contributed by atoms with Crippen LogP contribution in [0.15, 0.2) is 40.9 Å². The van der Waals surface area contributed by atoms with Crippen molar-refractivity contribution in [3.63, 3.8) is 0 Å². The van der Waals surface area contributed by atoms with Gasteiger partial charge in [-0.2, -0.15) is 0 Å². The summed E-state index contributed by atoms with van der Waals surface area (Å²) in [6, 6.07) is 11.9. The zero-order valence-corrected chi connectivity index (χ0v) is 14.2. The SMILES string of the molecule is Cc1c(Br)cccc1C(Br)c1ccc(Cl)c(Cl)c1. The smallest absolute Gasteiger partial charge is 0.0648 e. The van der Waals surface area contributed by atoms with E-state index in [1.807, 2.05) is 30.3 Å². The van der Waals surface area contributed by atoms with E-state index < -0.39 is 0 Å². The maximum absolute atomic E-state index is 6.05. The van der Waals surface area contributed by atoms with Crippen molar-refractivity contribution < 1.29 is 0 Å². The molecule has 2 rings (SSSR count). The van der Waals surface area contributed by atoms with Crippen LogP contribution in [0.25, 0.3) is 0 Å². The molecule has 0 heterocycles. The molecule has 2 aromatic rings. The van der Waals surface area contributed by atoms with Crippen molar-refractivity contribution in [1.29, 1.82) is 0 Å². The van der Waals surface area contributed by atoms with Crippen molar-refractivity contribution in [2.75, 3.05) is 0 Å². The molecule has 0 N–H and O–H groups in total. The summed E-state index contributed by atoms with van der Waals surface area (Å²) >= 11 is 19.2. The molecule has 0 aromatic heterocycles. The topological polar surface area (TPSA) is 0 Å². The summed E-state index contributed by atoms with van der Waals surface area (Å²) in [6.45, 7) is 2.09. The van der Waals surface area contributed by atoms with Crippen LogP contribution >= 0.6 is 55.1 Å². The molecule has 0 bridgehead atoms. The number of benzene rings is 2. The Morgan fingerprint density at radius 2 is 1.78 bits per heavy atom. The van der Waals surface area contributed by atoms with E-state index in [4.69, 9.17) is 23.2 Å². The van der Waals surface area contributed by atoms with Crippen molar-refractivity contribution in [2.45, 2.75) is 11.8 Å². The molecule has 0 fully saturated rings. The molecule has 0 nitrogen and oxygen atoms in total. The second kappa shape index (κ2) is 5.96. The van der Waals surface area contributed by atoms with E-state index in [1.165, 1.54) is 11.1 Å². The lowest BCUT2D eigenvalue weighted by atomic mass is 10.0. The number of halogens is 4. The second-order valence-corrected chi connectivity index (χ2v) is 6.57. The zero-order chi connectivity index (χ0) is 13.3. The average Bonchev–Trinajstić information content (AvgIpc) is 2.35. The molecule has 1 atom stereocenters. The summed E-state index contributed by atoms with van der Waals surface area (Å²) < 4.78 is 1.10. The third kappa shape index (κ3) is 2.93. The maximum Gasteiger partial charge on any atom is 0.0648 e. The number of rotatable bonds is 2. The lowest BCUT2D eigenvalue weighted by Gasteiger charge is -2.15. The highest BCUT2D eigenvalue weighted by molar-refractivity contribution is 9.10. The van der Waals surface area contributed by atoms with Crippen LogP contribution in [-0.4, -0.2) is 0 Å². The first-order valence-corrected chi connectivity index (χ1v) is 7.81. The molecule has 18 heavy (non-hydrogen) atoms. The number of alkyl halides is 1. The van der Waals surface area contributed by atoms with Crippen LogP contribution in [0.5, 0.6) is 0 Å². The fourth-order valence-electron chi connectivity index (χ4n) is 1.75. The van der Waals surface area contributed by atoms with E-state index in [2.05, 4.69) is 44.8 Å². The van der Waals surface area contributed by atoms with Crippen molar-refractivity contribution >= 4 is 55.1 Å². The molecule has 1 unspecified atom stereocenters. The molecule has 0 saturated carbocycles. The van der Waals surface area contributed by atoms with Gasteiger partial charge in [-0.05, 0) is 41.8 Å². The Morgan fingerprint density at radius 1 is 1.06 bits per heavy atom. The molecule has 94 valence electrons. The molecule has 0 aliphatic rings. The third-order valence-electron chi connectivity index (χ3n) is 2.82. The van der Waals surface area contributed by atoms with Crippen molar-refractivity contribution in [2.24, 2.45) is 0 Å². The highest BCUT2D eigenvalue weighted by atomic mass is 79.9.